The molecule has 3 heterocycles. The zero-order chi connectivity index (χ0) is 55.5. The molecular formula is C53H77NO21. The van der Waals surface area contributed by atoms with Crippen molar-refractivity contribution >= 4 is 24.2 Å². The molecule has 3 aliphatic rings. The highest BCUT2D eigenvalue weighted by molar-refractivity contribution is 5.72. The lowest BCUT2D eigenvalue weighted by atomic mass is 9.82. The van der Waals surface area contributed by atoms with Crippen LogP contribution in [0.4, 0.5) is 9.59 Å². The minimum atomic E-state index is -2.50. The maximum atomic E-state index is 13.1. The van der Waals surface area contributed by atoms with Gasteiger partial charge in [-0.05, 0) is 26.2 Å². The van der Waals surface area contributed by atoms with Gasteiger partial charge in [-0.1, -0.05) is 117 Å². The number of hydrogen-bond acceptors (Lipinski definition) is 20. The quantitative estimate of drug-likeness (QED) is 0.0897. The van der Waals surface area contributed by atoms with Gasteiger partial charge in [-0.25, -0.2) is 9.59 Å². The number of carboxylic acids is 1. The lowest BCUT2D eigenvalue weighted by Crippen LogP contribution is -2.61. The van der Waals surface area contributed by atoms with Crippen molar-refractivity contribution in [3.05, 3.63) is 110 Å². The third kappa shape index (κ3) is 24.0. The van der Waals surface area contributed by atoms with Gasteiger partial charge in [0.25, 0.3) is 0 Å². The van der Waals surface area contributed by atoms with Crippen LogP contribution >= 0.6 is 0 Å². The molecule has 2 fully saturated rings. The van der Waals surface area contributed by atoms with Crippen LogP contribution in [0.1, 0.15) is 71.6 Å². The number of amides is 1. The number of hydrogen-bond donors (Lipinski definition) is 11. The normalized spacial score (nSPS) is 38.6. The summed E-state index contributed by atoms with van der Waals surface area (Å²) in [7, 11) is 0. The number of aliphatic carboxylic acids is 1. The summed E-state index contributed by atoms with van der Waals surface area (Å²) in [4.78, 5) is 50.8. The first kappa shape index (κ1) is 63.9. The number of carbonyl (C=O) groups excluding carboxylic acids is 3. The molecule has 0 aromatic carbocycles. The molecule has 75 heavy (non-hydrogen) atoms. The first-order valence-electron chi connectivity index (χ1n) is 24.9. The molecule has 1 amide bonds. The van der Waals surface area contributed by atoms with Gasteiger partial charge in [-0.2, -0.15) is 0 Å². The monoisotopic (exact) mass is 1060 g/mol. The predicted molar refractivity (Wildman–Crippen MR) is 269 cm³/mol. The van der Waals surface area contributed by atoms with Crippen LogP contribution in [0, 0.1) is 11.8 Å². The van der Waals surface area contributed by atoms with E-state index in [0.717, 1.165) is 0 Å². The predicted octanol–water partition coefficient (Wildman–Crippen LogP) is 2.38. The van der Waals surface area contributed by atoms with E-state index in [1.807, 2.05) is 0 Å². The molecule has 0 aromatic rings. The number of nitrogens with one attached hydrogen (secondary N) is 1. The van der Waals surface area contributed by atoms with E-state index in [9.17, 15) is 70.2 Å². The Morgan fingerprint density at radius 3 is 1.93 bits per heavy atom. The van der Waals surface area contributed by atoms with Crippen molar-refractivity contribution in [2.24, 2.45) is 11.8 Å². The number of ether oxygens (including phenoxy) is 7. The van der Waals surface area contributed by atoms with Crippen LogP contribution < -0.4 is 5.32 Å². The maximum absolute atomic E-state index is 13.1. The van der Waals surface area contributed by atoms with E-state index in [4.69, 9.17) is 33.2 Å². The van der Waals surface area contributed by atoms with Crippen LogP contribution in [-0.2, 0) is 42.7 Å². The zero-order valence-electron chi connectivity index (χ0n) is 42.3. The van der Waals surface area contributed by atoms with E-state index in [0.29, 0.717) is 0 Å². The Morgan fingerprint density at radius 2 is 1.32 bits per heavy atom. The van der Waals surface area contributed by atoms with E-state index in [-0.39, 0.29) is 44.8 Å². The second kappa shape index (κ2) is 33.6. The second-order valence-electron chi connectivity index (χ2n) is 18.6. The highest BCUT2D eigenvalue weighted by Crippen LogP contribution is 2.39. The first-order valence-corrected chi connectivity index (χ1v) is 24.9. The molecule has 0 unspecified atom stereocenters. The van der Waals surface area contributed by atoms with Crippen molar-refractivity contribution < 1.29 is 103 Å². The van der Waals surface area contributed by atoms with Gasteiger partial charge < -0.3 is 89.5 Å². The average Bonchev–Trinajstić information content (AvgIpc) is 3.32. The molecule has 420 valence electrons. The Labute approximate surface area is 436 Å². The molecule has 22 nitrogen and oxygen atoms in total. The van der Waals surface area contributed by atoms with Crippen LogP contribution in [-0.4, -0.2) is 186 Å². The van der Waals surface area contributed by atoms with Gasteiger partial charge in [0, 0.05) is 38.0 Å². The number of alkyl carbamates (subject to hydrolysis) is 1. The number of allylic oxidation sites excluding steroid dienone is 12. The van der Waals surface area contributed by atoms with E-state index < -0.39 is 160 Å². The van der Waals surface area contributed by atoms with E-state index in [1.54, 1.807) is 86.8 Å². The molecular weight excluding hydrogens is 987 g/mol. The summed E-state index contributed by atoms with van der Waals surface area (Å²) < 4.78 is 38.5. The number of fused-ring (bicyclic) bond motifs is 2. The van der Waals surface area contributed by atoms with Crippen LogP contribution in [0.2, 0.25) is 0 Å². The Kier molecular flexibility index (Phi) is 28.7. The summed E-state index contributed by atoms with van der Waals surface area (Å²) in [5.41, 5.74) is 0. The lowest BCUT2D eigenvalue weighted by Gasteiger charge is -2.45. The summed E-state index contributed by atoms with van der Waals surface area (Å²) >= 11 is 0. The van der Waals surface area contributed by atoms with Crippen LogP contribution in [0.15, 0.2) is 110 Å². The number of esters is 1. The van der Waals surface area contributed by atoms with Gasteiger partial charge in [0.05, 0.1) is 67.9 Å². The number of carbonyl (C=O) groups is 4. The average molecular weight is 1060 g/mol. The SMILES string of the molecule is C=CCOC(=O)N[C@@H]1[C@H](O)[C@H](O[C@H]2/C=C/C=C/C=C/C=C/C=C/C=C/C=C/[C@H](C)[C@@H](O)C[C@H](C)OC(=O)C[C@H](O)C[C@H](O)CC[C@@H](O)[C@H](O)C[C@H](O)C[C@]3(O)C[C@H](OC(=O)OCC=C)[C@@H](C(=O)O)[C@H](C2)O3)OC[C@H]1O. The maximum Gasteiger partial charge on any atom is 0.508 e. The Bertz CT molecular complexity index is 2000. The van der Waals surface area contributed by atoms with Gasteiger partial charge in [-0.15, -0.1) is 0 Å². The van der Waals surface area contributed by atoms with Crippen molar-refractivity contribution in [2.75, 3.05) is 19.8 Å². The minimum absolute atomic E-state index is 0.123. The fourth-order valence-electron chi connectivity index (χ4n) is 8.34. The molecule has 0 saturated carbocycles. The van der Waals surface area contributed by atoms with Gasteiger partial charge in [0.2, 0.25) is 0 Å². The van der Waals surface area contributed by atoms with Gasteiger partial charge >= 0.3 is 24.2 Å². The molecule has 17 atom stereocenters. The molecule has 2 saturated heterocycles. The zero-order valence-corrected chi connectivity index (χ0v) is 42.3. The standard InChI is InChI=1S/C53H77NO21/c1-5-23-69-51(66)54-47-42(61)32-71-50(48(47)63)73-38-20-18-16-14-12-10-8-7-9-11-13-15-17-19-33(3)40(59)25-34(4)72-45(62)28-36(56)26-35(55)21-22-39(58)41(60)27-37(57)30-53(68)31-44(74-52(67)70-24-6-2)46(49(64)65)43(29-38)75-53/h5-20,33-44,46-48,50,55-61,63,68H,1-2,21-32H2,3-4H3,(H,54,66)(H,64,65)/b8-7+,11-9+,12-10+,15-13+,16-14+,19-17+,20-18+/t33-,34-,35+,36+,37-,38-,39+,40-,41+,42+,43-,44-,46-,47-,48-,50-,53+/m0/s1. The number of aliphatic hydroxyl groups is 9. The second-order valence-corrected chi connectivity index (χ2v) is 18.6. The summed E-state index contributed by atoms with van der Waals surface area (Å²) in [5.74, 6) is -6.83. The molecule has 0 aliphatic carbocycles. The molecule has 11 N–H and O–H groups in total. The highest BCUT2D eigenvalue weighted by Gasteiger charge is 2.53. The first-order chi connectivity index (χ1) is 35.6. The van der Waals surface area contributed by atoms with E-state index >= 15 is 0 Å². The van der Waals surface area contributed by atoms with E-state index in [2.05, 4.69) is 18.5 Å². The smallest absolute Gasteiger partial charge is 0.481 e. The Hall–Kier alpha value is -5.34. The summed E-state index contributed by atoms with van der Waals surface area (Å²) in [5, 5.41) is 112. The number of aliphatic hydroxyl groups excluding tert-OH is 8. The molecule has 3 rings (SSSR count). The van der Waals surface area contributed by atoms with Crippen molar-refractivity contribution in [1.82, 2.24) is 5.32 Å². The lowest BCUT2D eigenvalue weighted by molar-refractivity contribution is -0.306. The van der Waals surface area contributed by atoms with Crippen molar-refractivity contribution in [2.45, 2.75) is 163 Å². The van der Waals surface area contributed by atoms with Crippen LogP contribution in [0.3, 0.4) is 0 Å². The summed E-state index contributed by atoms with van der Waals surface area (Å²) in [6.45, 7) is 9.39. The third-order valence-corrected chi connectivity index (χ3v) is 12.2. The molecule has 0 radical (unpaired) electrons. The minimum Gasteiger partial charge on any atom is -0.481 e. The van der Waals surface area contributed by atoms with E-state index in [1.165, 1.54) is 24.3 Å². The number of cyclic esters (lactones) is 1. The summed E-state index contributed by atoms with van der Waals surface area (Å²) in [6.07, 6.45) is 2.06. The fraction of sp³-hybridized carbons (Fsp3) is 0.585. The van der Waals surface area contributed by atoms with Crippen molar-refractivity contribution in [3.63, 3.8) is 0 Å². The number of rotatable bonds is 9. The third-order valence-electron chi connectivity index (χ3n) is 12.2. The topological polar surface area (TPSA) is 347 Å². The van der Waals surface area contributed by atoms with Crippen LogP contribution in [0.25, 0.3) is 0 Å². The fourth-order valence-corrected chi connectivity index (χ4v) is 8.34. The Morgan fingerprint density at radius 1 is 0.720 bits per heavy atom. The molecule has 3 aliphatic heterocycles. The van der Waals surface area contributed by atoms with Gasteiger partial charge in [0.15, 0.2) is 12.1 Å². The number of carboxylic acid groups (broad SMARTS) is 1. The Balaban J connectivity index is 1.99. The largest absolute Gasteiger partial charge is 0.508 e. The molecule has 0 spiro atoms. The van der Waals surface area contributed by atoms with Crippen LogP contribution in [0.5, 0.6) is 0 Å². The molecule has 2 bridgehead atoms. The molecule has 0 aromatic heterocycles. The molecule has 22 heteroatoms. The van der Waals surface area contributed by atoms with Crippen molar-refractivity contribution in [3.8, 4) is 0 Å². The highest BCUT2D eigenvalue weighted by atomic mass is 16.7. The summed E-state index contributed by atoms with van der Waals surface area (Å²) in [6, 6.07) is -1.38. The van der Waals surface area contributed by atoms with Gasteiger partial charge in [0.1, 0.15) is 43.5 Å². The van der Waals surface area contributed by atoms with Crippen molar-refractivity contribution in [1.29, 1.82) is 0 Å². The van der Waals surface area contributed by atoms with Gasteiger partial charge in [-0.3, -0.25) is 9.59 Å².